The predicted molar refractivity (Wildman–Crippen MR) is 156 cm³/mol. The molecule has 1 aromatic heterocycles. The van der Waals surface area contributed by atoms with Crippen molar-refractivity contribution < 1.29 is 18.7 Å². The Morgan fingerprint density at radius 1 is 1.05 bits per heavy atom. The minimum atomic E-state index is -1.02. The van der Waals surface area contributed by atoms with Gasteiger partial charge in [0, 0.05) is 22.3 Å². The zero-order chi connectivity index (χ0) is 28.2. The Kier molecular flexibility index (Phi) is 8.32. The van der Waals surface area contributed by atoms with Crippen molar-refractivity contribution in [1.29, 1.82) is 0 Å². The molecule has 1 atom stereocenters. The monoisotopic (exact) mass is 578 g/mol. The number of carbonyl (C=O) groups is 2. The van der Waals surface area contributed by atoms with Crippen molar-refractivity contribution in [2.24, 2.45) is 0 Å². The van der Waals surface area contributed by atoms with Crippen LogP contribution in [0.2, 0.25) is 5.02 Å². The van der Waals surface area contributed by atoms with Crippen LogP contribution in [0.4, 0.5) is 15.8 Å². The predicted octanol–water partition coefficient (Wildman–Crippen LogP) is 6.64. The smallest absolute Gasteiger partial charge is 0.273 e. The quantitative estimate of drug-likeness (QED) is 0.244. The molecule has 0 unspecified atom stereocenters. The summed E-state index contributed by atoms with van der Waals surface area (Å²) in [5.74, 6) is -0.563. The fraction of sp³-hybridized carbons (Fsp3) is 0.233. The number of carbonyl (C=O) groups excluding carboxylic acids is 2. The molecule has 1 aliphatic rings. The first kappa shape index (κ1) is 27.6. The third-order valence-electron chi connectivity index (χ3n) is 7.00. The summed E-state index contributed by atoms with van der Waals surface area (Å²) in [4.78, 5) is 29.9. The number of anilines is 2. The molecule has 1 fully saturated rings. The zero-order valence-electron chi connectivity index (χ0n) is 21.8. The Morgan fingerprint density at radius 3 is 2.33 bits per heavy atom. The molecule has 5 rings (SSSR count). The van der Waals surface area contributed by atoms with Crippen LogP contribution >= 0.6 is 23.1 Å². The van der Waals surface area contributed by atoms with E-state index in [0.717, 1.165) is 37.2 Å². The van der Waals surface area contributed by atoms with Gasteiger partial charge in [0.25, 0.3) is 5.91 Å². The van der Waals surface area contributed by atoms with Gasteiger partial charge in [-0.25, -0.2) is 4.39 Å². The average Bonchev–Trinajstić information content (AvgIpc) is 3.62. The molecule has 0 radical (unpaired) electrons. The Balaban J connectivity index is 1.61. The summed E-state index contributed by atoms with van der Waals surface area (Å²) in [6, 6.07) is 18.5. The SMILES string of the molecule is COc1ccc([C@@H](C(=O)NC2CCCC2)N(C(=O)c2snc(-c3ccc(F)cc3)c2N)c2ccc(Cl)cc2)cc1. The van der Waals surface area contributed by atoms with Crippen LogP contribution < -0.4 is 20.7 Å². The van der Waals surface area contributed by atoms with Gasteiger partial charge in [0.05, 0.1) is 12.8 Å². The summed E-state index contributed by atoms with van der Waals surface area (Å²) >= 11 is 7.11. The number of benzene rings is 3. The highest BCUT2D eigenvalue weighted by molar-refractivity contribution is 7.09. The van der Waals surface area contributed by atoms with E-state index in [0.29, 0.717) is 33.3 Å². The number of methoxy groups -OCH3 is 1. The van der Waals surface area contributed by atoms with Crippen LogP contribution in [0.15, 0.2) is 72.8 Å². The van der Waals surface area contributed by atoms with E-state index in [4.69, 9.17) is 22.1 Å². The van der Waals surface area contributed by atoms with Gasteiger partial charge in [-0.2, -0.15) is 4.37 Å². The fourth-order valence-corrected chi connectivity index (χ4v) is 5.80. The Labute approximate surface area is 240 Å². The van der Waals surface area contributed by atoms with Crippen LogP contribution in [0.1, 0.15) is 47.0 Å². The van der Waals surface area contributed by atoms with Crippen LogP contribution in [0, 0.1) is 5.82 Å². The number of hydrogen-bond donors (Lipinski definition) is 2. The molecule has 206 valence electrons. The number of nitrogens with one attached hydrogen (secondary N) is 1. The number of amides is 2. The first-order chi connectivity index (χ1) is 19.4. The molecule has 3 aromatic carbocycles. The number of nitrogens with two attached hydrogens (primary N) is 1. The van der Waals surface area contributed by atoms with E-state index in [2.05, 4.69) is 9.69 Å². The van der Waals surface area contributed by atoms with Crippen molar-refractivity contribution in [3.63, 3.8) is 0 Å². The molecule has 1 aliphatic carbocycles. The molecular formula is C30H28ClFN4O3S. The molecular weight excluding hydrogens is 551 g/mol. The van der Waals surface area contributed by atoms with Gasteiger partial charge < -0.3 is 15.8 Å². The van der Waals surface area contributed by atoms with Crippen LogP contribution in [0.25, 0.3) is 11.3 Å². The molecule has 3 N–H and O–H groups in total. The highest BCUT2D eigenvalue weighted by atomic mass is 35.5. The lowest BCUT2D eigenvalue weighted by Gasteiger charge is -2.32. The van der Waals surface area contributed by atoms with Gasteiger partial charge in [0.15, 0.2) is 0 Å². The van der Waals surface area contributed by atoms with E-state index in [1.54, 1.807) is 67.8 Å². The molecule has 1 heterocycles. The number of ether oxygens (including phenoxy) is 1. The van der Waals surface area contributed by atoms with E-state index in [-0.39, 0.29) is 22.5 Å². The van der Waals surface area contributed by atoms with E-state index < -0.39 is 17.8 Å². The third-order valence-corrected chi connectivity index (χ3v) is 8.11. The van der Waals surface area contributed by atoms with Crippen molar-refractivity contribution in [3.05, 3.63) is 94.1 Å². The molecule has 2 amide bonds. The summed E-state index contributed by atoms with van der Waals surface area (Å²) in [7, 11) is 1.56. The van der Waals surface area contributed by atoms with Gasteiger partial charge in [-0.05, 0) is 90.6 Å². The highest BCUT2D eigenvalue weighted by Crippen LogP contribution is 2.37. The van der Waals surface area contributed by atoms with Crippen LogP contribution in [-0.4, -0.2) is 29.3 Å². The van der Waals surface area contributed by atoms with Gasteiger partial charge in [-0.15, -0.1) is 0 Å². The Bertz CT molecular complexity index is 1490. The van der Waals surface area contributed by atoms with Crippen molar-refractivity contribution in [3.8, 4) is 17.0 Å². The lowest BCUT2D eigenvalue weighted by molar-refractivity contribution is -0.123. The maximum absolute atomic E-state index is 14.3. The summed E-state index contributed by atoms with van der Waals surface area (Å²) in [6.45, 7) is 0. The number of hydrogen-bond acceptors (Lipinski definition) is 6. The lowest BCUT2D eigenvalue weighted by Crippen LogP contribution is -2.46. The van der Waals surface area contributed by atoms with Crippen LogP contribution in [-0.2, 0) is 4.79 Å². The van der Waals surface area contributed by atoms with Crippen LogP contribution in [0.5, 0.6) is 5.75 Å². The lowest BCUT2D eigenvalue weighted by atomic mass is 10.0. The molecule has 10 heteroatoms. The van der Waals surface area contributed by atoms with Crippen molar-refractivity contribution >= 4 is 46.3 Å². The molecule has 0 spiro atoms. The fourth-order valence-electron chi connectivity index (χ4n) is 4.92. The molecule has 7 nitrogen and oxygen atoms in total. The van der Waals surface area contributed by atoms with E-state index in [9.17, 15) is 14.0 Å². The minimum Gasteiger partial charge on any atom is -0.497 e. The molecule has 1 saturated carbocycles. The number of halogens is 2. The zero-order valence-corrected chi connectivity index (χ0v) is 23.3. The van der Waals surface area contributed by atoms with Crippen molar-refractivity contribution in [2.75, 3.05) is 17.7 Å². The van der Waals surface area contributed by atoms with E-state index in [1.807, 2.05) is 0 Å². The first-order valence-electron chi connectivity index (χ1n) is 12.9. The van der Waals surface area contributed by atoms with Gasteiger partial charge in [0.1, 0.15) is 28.2 Å². The van der Waals surface area contributed by atoms with Gasteiger partial charge >= 0.3 is 0 Å². The Morgan fingerprint density at radius 2 is 1.70 bits per heavy atom. The summed E-state index contributed by atoms with van der Waals surface area (Å²) in [5.41, 5.74) is 8.65. The maximum Gasteiger partial charge on any atom is 0.273 e. The summed E-state index contributed by atoms with van der Waals surface area (Å²) in [5, 5.41) is 3.65. The van der Waals surface area contributed by atoms with Gasteiger partial charge in [-0.1, -0.05) is 36.6 Å². The third kappa shape index (κ3) is 5.80. The van der Waals surface area contributed by atoms with Crippen molar-refractivity contribution in [2.45, 2.75) is 37.8 Å². The second-order valence-corrected chi connectivity index (χ2v) is 10.8. The largest absolute Gasteiger partial charge is 0.497 e. The average molecular weight is 579 g/mol. The van der Waals surface area contributed by atoms with Gasteiger partial charge in [0.2, 0.25) is 5.91 Å². The highest BCUT2D eigenvalue weighted by Gasteiger charge is 2.36. The topological polar surface area (TPSA) is 97.5 Å². The molecule has 0 aliphatic heterocycles. The number of aromatic nitrogens is 1. The second-order valence-electron chi connectivity index (χ2n) is 9.60. The second kappa shape index (κ2) is 12.1. The summed E-state index contributed by atoms with van der Waals surface area (Å²) < 4.78 is 23.2. The van der Waals surface area contributed by atoms with Gasteiger partial charge in [-0.3, -0.25) is 14.5 Å². The molecule has 40 heavy (non-hydrogen) atoms. The van der Waals surface area contributed by atoms with E-state index in [1.165, 1.54) is 17.0 Å². The summed E-state index contributed by atoms with van der Waals surface area (Å²) in [6.07, 6.45) is 3.86. The van der Waals surface area contributed by atoms with Crippen molar-refractivity contribution in [1.82, 2.24) is 9.69 Å². The molecule has 0 bridgehead atoms. The van der Waals surface area contributed by atoms with E-state index >= 15 is 0 Å². The maximum atomic E-state index is 14.3. The number of rotatable bonds is 8. The molecule has 4 aromatic rings. The Hall–Kier alpha value is -3.95. The first-order valence-corrected chi connectivity index (χ1v) is 14.1. The van der Waals surface area contributed by atoms with Crippen LogP contribution in [0.3, 0.4) is 0 Å². The normalized spacial score (nSPS) is 14.1. The minimum absolute atomic E-state index is 0.0361. The molecule has 0 saturated heterocycles. The number of nitrogen functional groups attached to an aromatic ring is 1. The standard InChI is InChI=1S/C30H28ClFN4O3S/c1-39-24-16-8-19(9-17-24)27(29(37)34-22-4-2-3-5-22)36(23-14-10-20(31)11-15-23)30(38)28-25(33)26(35-40-28)18-6-12-21(32)13-7-18/h6-17,22,27H,2-5,33H2,1H3,(H,34,37)/t27-/m0/s1. The number of nitrogens with zero attached hydrogens (tertiary/aromatic N) is 2.